The first-order chi connectivity index (χ1) is 11.9. The number of hydrogen-bond acceptors (Lipinski definition) is 1. The summed E-state index contributed by atoms with van der Waals surface area (Å²) in [4.78, 5) is 13.6. The second-order valence-corrected chi connectivity index (χ2v) is 7.22. The monoisotopic (exact) mass is 339 g/mol. The topological polar surface area (TPSA) is 33.5 Å². The van der Waals surface area contributed by atoms with Gasteiger partial charge in [-0.05, 0) is 36.0 Å². The zero-order chi connectivity index (χ0) is 18.4. The van der Waals surface area contributed by atoms with Crippen molar-refractivity contribution in [2.24, 2.45) is 0 Å². The number of para-hydroxylation sites is 1. The van der Waals surface area contributed by atoms with E-state index in [0.29, 0.717) is 12.5 Å². The molecule has 0 saturated heterocycles. The number of rotatable bonds is 7. The third kappa shape index (κ3) is 5.43. The molecule has 2 N–H and O–H groups in total. The molecule has 134 valence electrons. The van der Waals surface area contributed by atoms with E-state index >= 15 is 0 Å². The number of carbonyl (C=O) groups excluding carboxylic acids is 1. The fraction of sp³-hybridized carbons (Fsp3) is 0.409. The number of nitrogens with one attached hydrogen (secondary N) is 2. The second-order valence-electron chi connectivity index (χ2n) is 7.22. The highest BCUT2D eigenvalue weighted by molar-refractivity contribution is 5.93. The predicted octanol–water partition coefficient (Wildman–Crippen LogP) is 3.33. The average molecular weight is 340 g/mol. The number of benzene rings is 2. The Balaban J connectivity index is 1.94. The molecule has 0 aromatic heterocycles. The lowest BCUT2D eigenvalue weighted by Crippen LogP contribution is -3.08. The van der Waals surface area contributed by atoms with Crippen LogP contribution in [0.2, 0.25) is 0 Å². The molecule has 3 heteroatoms. The summed E-state index contributed by atoms with van der Waals surface area (Å²) in [6, 6.07) is 14.9. The van der Waals surface area contributed by atoms with Crippen LogP contribution in [0, 0.1) is 6.92 Å². The van der Waals surface area contributed by atoms with Gasteiger partial charge in [0, 0.05) is 11.3 Å². The van der Waals surface area contributed by atoms with E-state index in [0.717, 1.165) is 24.2 Å². The van der Waals surface area contributed by atoms with E-state index < -0.39 is 0 Å². The molecule has 0 saturated carbocycles. The van der Waals surface area contributed by atoms with Gasteiger partial charge in [-0.25, -0.2) is 0 Å². The molecule has 1 amide bonds. The molecule has 0 aliphatic carbocycles. The van der Waals surface area contributed by atoms with Gasteiger partial charge in [0.2, 0.25) is 0 Å². The van der Waals surface area contributed by atoms with Crippen LogP contribution in [0.1, 0.15) is 48.9 Å². The predicted molar refractivity (Wildman–Crippen MR) is 105 cm³/mol. The second kappa shape index (κ2) is 8.82. The van der Waals surface area contributed by atoms with E-state index in [2.05, 4.69) is 63.5 Å². The summed E-state index contributed by atoms with van der Waals surface area (Å²) in [5.74, 6) is 0.618. The SMILES string of the molecule is CCc1cccc(C)c1NC(=O)C[NH+](C)Cc1ccc(C(C)C)cc1. The summed E-state index contributed by atoms with van der Waals surface area (Å²) in [6.07, 6.45) is 0.919. The van der Waals surface area contributed by atoms with Gasteiger partial charge in [-0.1, -0.05) is 63.2 Å². The fourth-order valence-corrected chi connectivity index (χ4v) is 3.09. The highest BCUT2D eigenvalue weighted by atomic mass is 16.2. The molecule has 1 atom stereocenters. The van der Waals surface area contributed by atoms with Crippen molar-refractivity contribution >= 4 is 11.6 Å². The molecule has 0 aliphatic rings. The number of aryl methyl sites for hydroxylation is 2. The van der Waals surface area contributed by atoms with Crippen LogP contribution in [0.15, 0.2) is 42.5 Å². The third-order valence-corrected chi connectivity index (χ3v) is 4.62. The number of amides is 1. The molecule has 2 aromatic carbocycles. The van der Waals surface area contributed by atoms with Gasteiger partial charge >= 0.3 is 0 Å². The Morgan fingerprint density at radius 3 is 2.40 bits per heavy atom. The van der Waals surface area contributed by atoms with Crippen LogP contribution >= 0.6 is 0 Å². The molecule has 2 aromatic rings. The van der Waals surface area contributed by atoms with Crippen LogP contribution in [0.5, 0.6) is 0 Å². The minimum absolute atomic E-state index is 0.0697. The first-order valence-electron chi connectivity index (χ1n) is 9.19. The van der Waals surface area contributed by atoms with E-state index in [-0.39, 0.29) is 5.91 Å². The maximum Gasteiger partial charge on any atom is 0.279 e. The van der Waals surface area contributed by atoms with Crippen molar-refractivity contribution in [1.29, 1.82) is 0 Å². The Bertz CT molecular complexity index is 704. The van der Waals surface area contributed by atoms with E-state index in [1.54, 1.807) is 0 Å². The largest absolute Gasteiger partial charge is 0.326 e. The summed E-state index contributed by atoms with van der Waals surface area (Å²) in [5.41, 5.74) is 5.90. The van der Waals surface area contributed by atoms with Gasteiger partial charge in [0.1, 0.15) is 6.54 Å². The number of quaternary nitrogens is 1. The Hall–Kier alpha value is -2.13. The van der Waals surface area contributed by atoms with Crippen LogP contribution in [-0.4, -0.2) is 19.5 Å². The fourth-order valence-electron chi connectivity index (χ4n) is 3.09. The molecule has 0 spiro atoms. The Kier molecular flexibility index (Phi) is 6.77. The first-order valence-corrected chi connectivity index (χ1v) is 9.19. The average Bonchev–Trinajstić information content (AvgIpc) is 2.57. The molecule has 0 radical (unpaired) electrons. The summed E-state index contributed by atoms with van der Waals surface area (Å²) < 4.78 is 0. The van der Waals surface area contributed by atoms with E-state index in [9.17, 15) is 4.79 Å². The van der Waals surface area contributed by atoms with Crippen LogP contribution in [0.4, 0.5) is 5.69 Å². The standard InChI is InChI=1S/C22H30N2O/c1-6-19-9-7-8-17(4)22(19)23-21(25)15-24(5)14-18-10-12-20(13-11-18)16(2)3/h7-13,16H,6,14-15H2,1-5H3,(H,23,25)/p+1. The number of anilines is 1. The highest BCUT2D eigenvalue weighted by Gasteiger charge is 2.13. The Morgan fingerprint density at radius 2 is 1.80 bits per heavy atom. The molecule has 0 bridgehead atoms. The molecule has 2 rings (SSSR count). The lowest BCUT2D eigenvalue weighted by molar-refractivity contribution is -0.885. The van der Waals surface area contributed by atoms with Crippen molar-refractivity contribution in [3.05, 3.63) is 64.7 Å². The smallest absolute Gasteiger partial charge is 0.279 e. The highest BCUT2D eigenvalue weighted by Crippen LogP contribution is 2.20. The van der Waals surface area contributed by atoms with Crippen molar-refractivity contribution in [3.63, 3.8) is 0 Å². The van der Waals surface area contributed by atoms with Crippen molar-refractivity contribution < 1.29 is 9.69 Å². The Morgan fingerprint density at radius 1 is 1.12 bits per heavy atom. The molecule has 1 unspecified atom stereocenters. The van der Waals surface area contributed by atoms with E-state index in [1.807, 2.05) is 19.1 Å². The van der Waals surface area contributed by atoms with Gasteiger partial charge in [0.25, 0.3) is 5.91 Å². The van der Waals surface area contributed by atoms with Gasteiger partial charge in [0.15, 0.2) is 6.54 Å². The van der Waals surface area contributed by atoms with Crippen LogP contribution in [-0.2, 0) is 17.8 Å². The lowest BCUT2D eigenvalue weighted by atomic mass is 10.0. The minimum Gasteiger partial charge on any atom is -0.326 e. The maximum absolute atomic E-state index is 12.4. The number of hydrogen-bond donors (Lipinski definition) is 2. The van der Waals surface area contributed by atoms with Crippen LogP contribution in [0.3, 0.4) is 0 Å². The van der Waals surface area contributed by atoms with Crippen molar-refractivity contribution in [2.75, 3.05) is 18.9 Å². The molecular formula is C22H31N2O+. The molecule has 0 fully saturated rings. The lowest BCUT2D eigenvalue weighted by Gasteiger charge is -2.17. The Labute approximate surface area is 152 Å². The van der Waals surface area contributed by atoms with Crippen molar-refractivity contribution in [2.45, 2.75) is 46.6 Å². The van der Waals surface area contributed by atoms with Gasteiger partial charge in [-0.15, -0.1) is 0 Å². The summed E-state index contributed by atoms with van der Waals surface area (Å²) in [7, 11) is 2.06. The molecule has 0 aliphatic heterocycles. The van der Waals surface area contributed by atoms with Gasteiger partial charge in [-0.2, -0.15) is 0 Å². The van der Waals surface area contributed by atoms with Crippen molar-refractivity contribution in [3.8, 4) is 0 Å². The quantitative estimate of drug-likeness (QED) is 0.797. The van der Waals surface area contributed by atoms with Gasteiger partial charge in [0.05, 0.1) is 7.05 Å². The van der Waals surface area contributed by atoms with Gasteiger partial charge < -0.3 is 10.2 Å². The number of carbonyl (C=O) groups is 1. The summed E-state index contributed by atoms with van der Waals surface area (Å²) >= 11 is 0. The normalized spacial score (nSPS) is 12.2. The molecule has 25 heavy (non-hydrogen) atoms. The first kappa shape index (κ1) is 19.2. The minimum atomic E-state index is 0.0697. The molecule has 0 heterocycles. The zero-order valence-corrected chi connectivity index (χ0v) is 16.1. The van der Waals surface area contributed by atoms with E-state index in [1.165, 1.54) is 21.6 Å². The van der Waals surface area contributed by atoms with Crippen LogP contribution < -0.4 is 10.2 Å². The maximum atomic E-state index is 12.4. The zero-order valence-electron chi connectivity index (χ0n) is 16.1. The van der Waals surface area contributed by atoms with E-state index in [4.69, 9.17) is 0 Å². The summed E-state index contributed by atoms with van der Waals surface area (Å²) in [5, 5.41) is 3.11. The van der Waals surface area contributed by atoms with Crippen molar-refractivity contribution in [1.82, 2.24) is 0 Å². The van der Waals surface area contributed by atoms with Gasteiger partial charge in [-0.3, -0.25) is 4.79 Å². The third-order valence-electron chi connectivity index (χ3n) is 4.62. The van der Waals surface area contributed by atoms with Crippen LogP contribution in [0.25, 0.3) is 0 Å². The molecule has 3 nitrogen and oxygen atoms in total. The molecular weight excluding hydrogens is 308 g/mol. The summed E-state index contributed by atoms with van der Waals surface area (Å²) in [6.45, 7) is 9.87. The number of likely N-dealkylation sites (N-methyl/N-ethyl adjacent to an activating group) is 1.